The Morgan fingerprint density at radius 2 is 2.23 bits per heavy atom. The molecule has 5 heteroatoms. The molecule has 0 fully saturated rings. The highest BCUT2D eigenvalue weighted by molar-refractivity contribution is 5.67. The number of carboxylic acid groups (broad SMARTS) is 1. The molecule has 1 rings (SSSR count). The van der Waals surface area contributed by atoms with Gasteiger partial charge in [-0.3, -0.25) is 4.79 Å². The molecule has 0 saturated heterocycles. The van der Waals surface area contributed by atoms with Crippen molar-refractivity contribution in [2.24, 2.45) is 0 Å². The summed E-state index contributed by atoms with van der Waals surface area (Å²) in [7, 11) is 0. The first-order valence-electron chi connectivity index (χ1n) is 3.62. The van der Waals surface area contributed by atoms with Gasteiger partial charge in [0.1, 0.15) is 0 Å². The van der Waals surface area contributed by atoms with E-state index < -0.39 is 17.7 Å². The number of hydrogen-bond acceptors (Lipinski definition) is 2. The van der Waals surface area contributed by atoms with Crippen molar-refractivity contribution in [2.75, 3.05) is 0 Å². The van der Waals surface area contributed by atoms with Crippen LogP contribution in [0, 0.1) is 11.8 Å². The SMILES string of the molecule is O=C(O)CCc1ccnc(F)c1F. The number of carbonyl (C=O) groups is 1. The summed E-state index contributed by atoms with van der Waals surface area (Å²) in [6, 6.07) is 1.27. The minimum absolute atomic E-state index is 0.0272. The van der Waals surface area contributed by atoms with Gasteiger partial charge in [0.2, 0.25) is 5.95 Å². The quantitative estimate of drug-likeness (QED) is 0.727. The minimum atomic E-state index is -1.19. The number of carboxylic acids is 1. The van der Waals surface area contributed by atoms with E-state index in [9.17, 15) is 13.6 Å². The van der Waals surface area contributed by atoms with E-state index in [1.807, 2.05) is 0 Å². The van der Waals surface area contributed by atoms with Crippen LogP contribution in [0.15, 0.2) is 12.3 Å². The normalized spacial score (nSPS) is 10.0. The number of halogens is 2. The van der Waals surface area contributed by atoms with Crippen molar-refractivity contribution in [1.29, 1.82) is 0 Å². The van der Waals surface area contributed by atoms with E-state index in [0.29, 0.717) is 0 Å². The predicted octanol–water partition coefficient (Wildman–Crippen LogP) is 1.38. The highest BCUT2D eigenvalue weighted by Crippen LogP contribution is 2.10. The van der Waals surface area contributed by atoms with Crippen LogP contribution < -0.4 is 0 Å². The fourth-order valence-corrected chi connectivity index (χ4v) is 0.890. The number of pyridine rings is 1. The Labute approximate surface area is 73.0 Å². The van der Waals surface area contributed by atoms with Crippen LogP contribution in [0.5, 0.6) is 0 Å². The average molecular weight is 187 g/mol. The first-order chi connectivity index (χ1) is 6.11. The lowest BCUT2D eigenvalue weighted by molar-refractivity contribution is -0.136. The maximum absolute atomic E-state index is 12.8. The lowest BCUT2D eigenvalue weighted by atomic mass is 10.1. The molecule has 0 aliphatic carbocycles. The fraction of sp³-hybridized carbons (Fsp3) is 0.250. The zero-order valence-corrected chi connectivity index (χ0v) is 6.63. The smallest absolute Gasteiger partial charge is 0.303 e. The van der Waals surface area contributed by atoms with Crippen LogP contribution in [0.2, 0.25) is 0 Å². The summed E-state index contributed by atoms with van der Waals surface area (Å²) in [5.41, 5.74) is 0.0369. The summed E-state index contributed by atoms with van der Waals surface area (Å²) in [6.45, 7) is 0. The second-order valence-electron chi connectivity index (χ2n) is 2.47. The van der Waals surface area contributed by atoms with Crippen molar-refractivity contribution in [3.05, 3.63) is 29.6 Å². The zero-order chi connectivity index (χ0) is 9.84. The van der Waals surface area contributed by atoms with Gasteiger partial charge in [-0.05, 0) is 18.1 Å². The topological polar surface area (TPSA) is 50.2 Å². The predicted molar refractivity (Wildman–Crippen MR) is 40.1 cm³/mol. The highest BCUT2D eigenvalue weighted by Gasteiger charge is 2.09. The monoisotopic (exact) mass is 187 g/mol. The van der Waals surface area contributed by atoms with Gasteiger partial charge in [-0.25, -0.2) is 9.37 Å². The second-order valence-corrected chi connectivity index (χ2v) is 2.47. The van der Waals surface area contributed by atoms with Crippen molar-refractivity contribution in [1.82, 2.24) is 4.98 Å². The summed E-state index contributed by atoms with van der Waals surface area (Å²) in [4.78, 5) is 13.2. The van der Waals surface area contributed by atoms with E-state index in [1.54, 1.807) is 0 Å². The van der Waals surface area contributed by atoms with Crippen LogP contribution in [0.3, 0.4) is 0 Å². The van der Waals surface area contributed by atoms with Gasteiger partial charge in [-0.2, -0.15) is 4.39 Å². The lowest BCUT2D eigenvalue weighted by Crippen LogP contribution is -2.01. The Kier molecular flexibility index (Phi) is 2.89. The molecule has 0 spiro atoms. The standard InChI is InChI=1S/C8H7F2NO2/c9-7-5(1-2-6(12)13)3-4-11-8(7)10/h3-4H,1-2H2,(H,12,13). The van der Waals surface area contributed by atoms with Crippen molar-refractivity contribution in [3.8, 4) is 0 Å². The van der Waals surface area contributed by atoms with Crippen molar-refractivity contribution >= 4 is 5.97 Å². The second kappa shape index (κ2) is 3.93. The summed E-state index contributed by atoms with van der Waals surface area (Å²) in [6.07, 6.45) is 0.858. The van der Waals surface area contributed by atoms with Crippen molar-refractivity contribution in [3.63, 3.8) is 0 Å². The molecule has 1 N–H and O–H groups in total. The molecule has 0 bridgehead atoms. The Balaban J connectivity index is 2.77. The van der Waals surface area contributed by atoms with Crippen LogP contribution in [-0.2, 0) is 11.2 Å². The van der Waals surface area contributed by atoms with Crippen LogP contribution in [0.25, 0.3) is 0 Å². The van der Waals surface area contributed by atoms with Gasteiger partial charge in [0.25, 0.3) is 0 Å². The summed E-state index contributed by atoms with van der Waals surface area (Å²) < 4.78 is 25.3. The molecule has 0 aliphatic heterocycles. The number of aliphatic carboxylic acids is 1. The van der Waals surface area contributed by atoms with E-state index in [2.05, 4.69) is 4.98 Å². The molecule has 0 atom stereocenters. The molecular weight excluding hydrogens is 180 g/mol. The van der Waals surface area contributed by atoms with E-state index >= 15 is 0 Å². The molecule has 0 aromatic carbocycles. The Bertz CT molecular complexity index is 328. The number of nitrogens with zero attached hydrogens (tertiary/aromatic N) is 1. The van der Waals surface area contributed by atoms with E-state index in [-0.39, 0.29) is 18.4 Å². The molecule has 1 aromatic heterocycles. The highest BCUT2D eigenvalue weighted by atomic mass is 19.2. The van der Waals surface area contributed by atoms with Crippen molar-refractivity contribution < 1.29 is 18.7 Å². The summed E-state index contributed by atoms with van der Waals surface area (Å²) in [5, 5.41) is 8.30. The van der Waals surface area contributed by atoms with E-state index in [0.717, 1.165) is 6.20 Å². The lowest BCUT2D eigenvalue weighted by Gasteiger charge is -1.99. The fourth-order valence-electron chi connectivity index (χ4n) is 0.890. The van der Waals surface area contributed by atoms with Crippen LogP contribution >= 0.6 is 0 Å². The Morgan fingerprint density at radius 1 is 1.54 bits per heavy atom. The third-order valence-electron chi connectivity index (χ3n) is 1.53. The first kappa shape index (κ1) is 9.57. The van der Waals surface area contributed by atoms with Gasteiger partial charge >= 0.3 is 5.97 Å². The third-order valence-corrected chi connectivity index (χ3v) is 1.53. The van der Waals surface area contributed by atoms with Crippen LogP contribution in [0.4, 0.5) is 8.78 Å². The van der Waals surface area contributed by atoms with Gasteiger partial charge in [0.05, 0.1) is 0 Å². The number of hydrogen-bond donors (Lipinski definition) is 1. The van der Waals surface area contributed by atoms with Gasteiger partial charge in [0, 0.05) is 12.6 Å². The van der Waals surface area contributed by atoms with Gasteiger partial charge in [0.15, 0.2) is 5.82 Å². The third kappa shape index (κ3) is 2.47. The number of rotatable bonds is 3. The Hall–Kier alpha value is -1.52. The van der Waals surface area contributed by atoms with E-state index in [4.69, 9.17) is 5.11 Å². The molecule has 0 radical (unpaired) electrons. The molecule has 0 aliphatic rings. The summed E-state index contributed by atoms with van der Waals surface area (Å²) in [5.74, 6) is -3.30. The van der Waals surface area contributed by atoms with E-state index in [1.165, 1.54) is 6.07 Å². The molecule has 0 unspecified atom stereocenters. The number of aromatic nitrogens is 1. The van der Waals surface area contributed by atoms with Gasteiger partial charge in [-0.15, -0.1) is 0 Å². The average Bonchev–Trinajstić information content (AvgIpc) is 2.07. The van der Waals surface area contributed by atoms with Crippen LogP contribution in [-0.4, -0.2) is 16.1 Å². The Morgan fingerprint density at radius 3 is 2.85 bits per heavy atom. The molecular formula is C8H7F2NO2. The molecule has 13 heavy (non-hydrogen) atoms. The van der Waals surface area contributed by atoms with Crippen molar-refractivity contribution in [2.45, 2.75) is 12.8 Å². The summed E-state index contributed by atoms with van der Waals surface area (Å²) >= 11 is 0. The molecule has 70 valence electrons. The largest absolute Gasteiger partial charge is 0.481 e. The zero-order valence-electron chi connectivity index (χ0n) is 6.63. The minimum Gasteiger partial charge on any atom is -0.481 e. The van der Waals surface area contributed by atoms with Gasteiger partial charge < -0.3 is 5.11 Å². The molecule has 3 nitrogen and oxygen atoms in total. The maximum atomic E-state index is 12.8. The first-order valence-corrected chi connectivity index (χ1v) is 3.62. The molecule has 0 amide bonds. The molecule has 0 saturated carbocycles. The molecule has 1 heterocycles. The van der Waals surface area contributed by atoms with Crippen LogP contribution in [0.1, 0.15) is 12.0 Å². The van der Waals surface area contributed by atoms with Gasteiger partial charge in [-0.1, -0.05) is 0 Å². The maximum Gasteiger partial charge on any atom is 0.303 e. The molecule has 1 aromatic rings. The number of aryl methyl sites for hydroxylation is 1.